The molecule has 166 valence electrons. The van der Waals surface area contributed by atoms with Crippen LogP contribution in [0.4, 0.5) is 0 Å². The van der Waals surface area contributed by atoms with Crippen LogP contribution < -0.4 is 10.6 Å². The molecular formula is C23H31N5O3. The van der Waals surface area contributed by atoms with Gasteiger partial charge in [-0.3, -0.25) is 9.59 Å². The van der Waals surface area contributed by atoms with Crippen LogP contribution in [0.3, 0.4) is 0 Å². The van der Waals surface area contributed by atoms with Crippen LogP contribution in [0.2, 0.25) is 0 Å². The van der Waals surface area contributed by atoms with Gasteiger partial charge in [0.25, 0.3) is 5.91 Å². The van der Waals surface area contributed by atoms with Crippen molar-refractivity contribution in [1.82, 2.24) is 25.1 Å². The molecule has 2 aliphatic rings. The number of aromatic nitrogens is 2. The number of carbonyl (C=O) groups excluding carboxylic acids is 2. The highest BCUT2D eigenvalue weighted by Crippen LogP contribution is 2.26. The van der Waals surface area contributed by atoms with E-state index >= 15 is 0 Å². The van der Waals surface area contributed by atoms with E-state index < -0.39 is 11.5 Å². The van der Waals surface area contributed by atoms with Crippen LogP contribution >= 0.6 is 0 Å². The molecule has 1 saturated heterocycles. The zero-order valence-corrected chi connectivity index (χ0v) is 18.5. The van der Waals surface area contributed by atoms with Crippen LogP contribution in [0.1, 0.15) is 37.0 Å². The lowest BCUT2D eigenvalue weighted by Crippen LogP contribution is -2.56. The molecule has 2 amide bonds. The van der Waals surface area contributed by atoms with Crippen molar-refractivity contribution < 1.29 is 14.3 Å². The van der Waals surface area contributed by atoms with Gasteiger partial charge in [-0.25, -0.2) is 4.98 Å². The molecule has 31 heavy (non-hydrogen) atoms. The zero-order chi connectivity index (χ0) is 22.0. The molecule has 2 aromatic rings. The molecule has 1 fully saturated rings. The highest BCUT2D eigenvalue weighted by atomic mass is 16.5. The van der Waals surface area contributed by atoms with E-state index in [1.807, 2.05) is 51.1 Å². The predicted molar refractivity (Wildman–Crippen MR) is 117 cm³/mol. The number of nitrogens with zero attached hydrogens (tertiary/aromatic N) is 3. The summed E-state index contributed by atoms with van der Waals surface area (Å²) in [5.74, 6) is 0.406. The Morgan fingerprint density at radius 1 is 1.13 bits per heavy atom. The normalized spacial score (nSPS) is 17.7. The van der Waals surface area contributed by atoms with E-state index in [1.165, 1.54) is 0 Å². The molecule has 2 aliphatic heterocycles. The SMILES string of the molecule is CC(C)(C)C(NC(=O)c1nc(-c2ccccc2)n2c1CNCC2)C(=O)N1CCOCC1. The molecule has 0 bridgehead atoms. The Morgan fingerprint density at radius 3 is 2.52 bits per heavy atom. The molecule has 0 saturated carbocycles. The molecule has 1 atom stereocenters. The second-order valence-corrected chi connectivity index (χ2v) is 9.14. The van der Waals surface area contributed by atoms with Gasteiger partial charge in [0.2, 0.25) is 5.91 Å². The van der Waals surface area contributed by atoms with Gasteiger partial charge in [0.15, 0.2) is 5.69 Å². The van der Waals surface area contributed by atoms with Gasteiger partial charge >= 0.3 is 0 Å². The number of rotatable bonds is 4. The van der Waals surface area contributed by atoms with Crippen molar-refractivity contribution in [3.05, 3.63) is 41.7 Å². The molecule has 1 aromatic heterocycles. The molecule has 4 rings (SSSR count). The van der Waals surface area contributed by atoms with Crippen LogP contribution in [0, 0.1) is 5.41 Å². The van der Waals surface area contributed by atoms with Gasteiger partial charge in [-0.05, 0) is 5.41 Å². The van der Waals surface area contributed by atoms with Crippen LogP contribution in [-0.2, 0) is 22.6 Å². The van der Waals surface area contributed by atoms with Gasteiger partial charge < -0.3 is 24.8 Å². The average Bonchev–Trinajstić information content (AvgIpc) is 3.17. The Bertz CT molecular complexity index is 942. The summed E-state index contributed by atoms with van der Waals surface area (Å²) >= 11 is 0. The first kappa shape index (κ1) is 21.5. The minimum absolute atomic E-state index is 0.0707. The Balaban J connectivity index is 1.63. The van der Waals surface area contributed by atoms with Crippen molar-refractivity contribution >= 4 is 11.8 Å². The van der Waals surface area contributed by atoms with Crippen molar-refractivity contribution in [2.75, 3.05) is 32.8 Å². The fourth-order valence-corrected chi connectivity index (χ4v) is 4.11. The number of imidazole rings is 1. The second-order valence-electron chi connectivity index (χ2n) is 9.14. The first-order valence-corrected chi connectivity index (χ1v) is 10.9. The number of nitrogens with one attached hydrogen (secondary N) is 2. The van der Waals surface area contributed by atoms with Gasteiger partial charge in [-0.1, -0.05) is 51.1 Å². The third kappa shape index (κ3) is 4.50. The summed E-state index contributed by atoms with van der Waals surface area (Å²) in [7, 11) is 0. The average molecular weight is 426 g/mol. The highest BCUT2D eigenvalue weighted by Gasteiger charge is 2.37. The molecule has 3 heterocycles. The molecular weight excluding hydrogens is 394 g/mol. The number of ether oxygens (including phenoxy) is 1. The second kappa shape index (κ2) is 8.80. The summed E-state index contributed by atoms with van der Waals surface area (Å²) in [6.45, 7) is 10.2. The van der Waals surface area contributed by atoms with Crippen LogP contribution in [0.5, 0.6) is 0 Å². The quantitative estimate of drug-likeness (QED) is 0.778. The highest BCUT2D eigenvalue weighted by molar-refractivity contribution is 5.98. The maximum Gasteiger partial charge on any atom is 0.272 e. The summed E-state index contributed by atoms with van der Waals surface area (Å²) in [6.07, 6.45) is 0. The van der Waals surface area contributed by atoms with Crippen molar-refractivity contribution in [3.8, 4) is 11.4 Å². The Hall–Kier alpha value is -2.71. The van der Waals surface area contributed by atoms with Crippen molar-refractivity contribution in [2.24, 2.45) is 5.41 Å². The molecule has 1 unspecified atom stereocenters. The largest absolute Gasteiger partial charge is 0.378 e. The van der Waals surface area contributed by atoms with Gasteiger partial charge in [-0.2, -0.15) is 0 Å². The number of hydrogen-bond acceptors (Lipinski definition) is 5. The molecule has 2 N–H and O–H groups in total. The van der Waals surface area contributed by atoms with Crippen LogP contribution in [0.25, 0.3) is 11.4 Å². The van der Waals surface area contributed by atoms with Crippen molar-refractivity contribution in [3.63, 3.8) is 0 Å². The molecule has 0 aliphatic carbocycles. The molecule has 8 heteroatoms. The van der Waals surface area contributed by atoms with Gasteiger partial charge in [0, 0.05) is 38.3 Å². The summed E-state index contributed by atoms with van der Waals surface area (Å²) in [5, 5.41) is 6.34. The fraction of sp³-hybridized carbons (Fsp3) is 0.522. The van der Waals surface area contributed by atoms with Crippen LogP contribution in [-0.4, -0.2) is 65.2 Å². The minimum Gasteiger partial charge on any atom is -0.378 e. The molecule has 0 radical (unpaired) electrons. The summed E-state index contributed by atoms with van der Waals surface area (Å²) in [6, 6.07) is 9.25. The number of carbonyl (C=O) groups is 2. The first-order valence-electron chi connectivity index (χ1n) is 10.9. The number of benzene rings is 1. The maximum absolute atomic E-state index is 13.4. The Kier molecular flexibility index (Phi) is 6.11. The van der Waals surface area contributed by atoms with E-state index in [0.29, 0.717) is 38.5 Å². The van der Waals surface area contributed by atoms with E-state index in [1.54, 1.807) is 4.90 Å². The van der Waals surface area contributed by atoms with Gasteiger partial charge in [0.1, 0.15) is 11.9 Å². The van der Waals surface area contributed by atoms with E-state index in [4.69, 9.17) is 9.72 Å². The van der Waals surface area contributed by atoms with Crippen LogP contribution in [0.15, 0.2) is 30.3 Å². The maximum atomic E-state index is 13.4. The predicted octanol–water partition coefficient (Wildman–Crippen LogP) is 1.66. The third-order valence-corrected chi connectivity index (χ3v) is 5.84. The zero-order valence-electron chi connectivity index (χ0n) is 18.5. The fourth-order valence-electron chi connectivity index (χ4n) is 4.11. The Labute approximate surface area is 183 Å². The van der Waals surface area contributed by atoms with Gasteiger partial charge in [-0.15, -0.1) is 0 Å². The smallest absolute Gasteiger partial charge is 0.272 e. The van der Waals surface area contributed by atoms with Gasteiger partial charge in [0.05, 0.1) is 18.9 Å². The minimum atomic E-state index is -0.646. The molecule has 0 spiro atoms. The standard InChI is InChI=1S/C23H31N5O3/c1-23(2,3)19(22(30)27-11-13-31-14-12-27)26-21(29)18-17-15-24-9-10-28(17)20(25-18)16-7-5-4-6-8-16/h4-8,19,24H,9-15H2,1-3H3,(H,26,29). The lowest BCUT2D eigenvalue weighted by Gasteiger charge is -2.36. The lowest BCUT2D eigenvalue weighted by atomic mass is 9.85. The topological polar surface area (TPSA) is 88.5 Å². The third-order valence-electron chi connectivity index (χ3n) is 5.84. The number of hydrogen-bond donors (Lipinski definition) is 2. The van der Waals surface area contributed by atoms with Crippen molar-refractivity contribution in [1.29, 1.82) is 0 Å². The molecule has 1 aromatic carbocycles. The van der Waals surface area contributed by atoms with E-state index in [9.17, 15) is 9.59 Å². The number of fused-ring (bicyclic) bond motifs is 1. The summed E-state index contributed by atoms with van der Waals surface area (Å²) in [5.41, 5.74) is 1.77. The van der Waals surface area contributed by atoms with E-state index in [0.717, 1.165) is 30.2 Å². The Morgan fingerprint density at radius 2 is 1.84 bits per heavy atom. The summed E-state index contributed by atoms with van der Waals surface area (Å²) in [4.78, 5) is 33.2. The number of amides is 2. The monoisotopic (exact) mass is 425 g/mol. The lowest BCUT2D eigenvalue weighted by molar-refractivity contribution is -0.139. The molecule has 8 nitrogen and oxygen atoms in total. The first-order chi connectivity index (χ1) is 14.9. The summed E-state index contributed by atoms with van der Waals surface area (Å²) < 4.78 is 7.48. The number of morpholine rings is 1. The van der Waals surface area contributed by atoms with Crippen molar-refractivity contribution in [2.45, 2.75) is 39.9 Å². The van der Waals surface area contributed by atoms with E-state index in [2.05, 4.69) is 15.2 Å². The van der Waals surface area contributed by atoms with E-state index in [-0.39, 0.29) is 11.8 Å².